The van der Waals surface area contributed by atoms with Crippen molar-refractivity contribution in [3.8, 4) is 0 Å². The van der Waals surface area contributed by atoms with Gasteiger partial charge >= 0.3 is 12.1 Å². The number of alkyl halides is 3. The van der Waals surface area contributed by atoms with Crippen LogP contribution in [0.2, 0.25) is 0 Å². The van der Waals surface area contributed by atoms with Crippen LogP contribution in [0.4, 0.5) is 13.2 Å². The zero-order chi connectivity index (χ0) is 13.0. The number of rotatable bonds is 6. The van der Waals surface area contributed by atoms with Gasteiger partial charge < -0.3 is 5.11 Å². The highest BCUT2D eigenvalue weighted by Crippen LogP contribution is 2.21. The van der Waals surface area contributed by atoms with Crippen LogP contribution in [0.3, 0.4) is 0 Å². The van der Waals surface area contributed by atoms with E-state index in [0.29, 0.717) is 0 Å². The van der Waals surface area contributed by atoms with Crippen LogP contribution >= 0.6 is 0 Å². The van der Waals surface area contributed by atoms with Crippen molar-refractivity contribution in [1.29, 1.82) is 0 Å². The van der Waals surface area contributed by atoms with Gasteiger partial charge in [0.05, 0.1) is 5.75 Å². The first-order valence-corrected chi connectivity index (χ1v) is 5.98. The summed E-state index contributed by atoms with van der Waals surface area (Å²) in [7, 11) is -3.98. The fourth-order valence-electron chi connectivity index (χ4n) is 0.841. The Kier molecular flexibility index (Phi) is 5.20. The molecule has 0 aliphatic heterocycles. The van der Waals surface area contributed by atoms with Crippen LogP contribution in [-0.2, 0) is 14.8 Å². The Labute approximate surface area is 90.7 Å². The lowest BCUT2D eigenvalue weighted by Gasteiger charge is -2.10. The Balaban J connectivity index is 4.12. The zero-order valence-electron chi connectivity index (χ0n) is 8.41. The standard InChI is InChI=1S/C7H12F3NO4S/c1-5(6(12)13)11-16(14,15)4-2-3-7(8,9)10/h5,11H,2-4H2,1H3,(H,12,13)/t5-/m0/s1. The summed E-state index contributed by atoms with van der Waals surface area (Å²) >= 11 is 0. The predicted molar refractivity (Wildman–Crippen MR) is 49.3 cm³/mol. The molecule has 0 aromatic rings. The van der Waals surface area contributed by atoms with Crippen LogP contribution in [0.1, 0.15) is 19.8 Å². The van der Waals surface area contributed by atoms with Gasteiger partial charge in [-0.15, -0.1) is 0 Å². The first-order chi connectivity index (χ1) is 7.03. The van der Waals surface area contributed by atoms with Crippen molar-refractivity contribution in [3.63, 3.8) is 0 Å². The molecule has 16 heavy (non-hydrogen) atoms. The van der Waals surface area contributed by atoms with E-state index >= 15 is 0 Å². The average molecular weight is 263 g/mol. The van der Waals surface area contributed by atoms with Crippen molar-refractivity contribution in [2.75, 3.05) is 5.75 Å². The van der Waals surface area contributed by atoms with Gasteiger partial charge in [0.1, 0.15) is 6.04 Å². The highest BCUT2D eigenvalue weighted by molar-refractivity contribution is 7.89. The van der Waals surface area contributed by atoms with Crippen molar-refractivity contribution in [2.24, 2.45) is 0 Å². The van der Waals surface area contributed by atoms with Crippen LogP contribution in [0.15, 0.2) is 0 Å². The Morgan fingerprint density at radius 2 is 1.94 bits per heavy atom. The lowest BCUT2D eigenvalue weighted by Crippen LogP contribution is -2.39. The van der Waals surface area contributed by atoms with E-state index in [1.165, 1.54) is 0 Å². The van der Waals surface area contributed by atoms with E-state index in [2.05, 4.69) is 0 Å². The number of sulfonamides is 1. The number of hydrogen-bond donors (Lipinski definition) is 2. The quantitative estimate of drug-likeness (QED) is 0.739. The molecular weight excluding hydrogens is 251 g/mol. The molecule has 0 aromatic carbocycles. The molecule has 0 saturated heterocycles. The van der Waals surface area contributed by atoms with E-state index in [1.54, 1.807) is 4.72 Å². The lowest BCUT2D eigenvalue weighted by atomic mass is 10.3. The SMILES string of the molecule is C[C@H](NS(=O)(=O)CCCC(F)(F)F)C(=O)O. The number of carboxylic acids is 1. The average Bonchev–Trinajstić information content (AvgIpc) is 1.99. The number of carboxylic acid groups (broad SMARTS) is 1. The summed E-state index contributed by atoms with van der Waals surface area (Å²) in [5.74, 6) is -2.14. The van der Waals surface area contributed by atoms with Crippen LogP contribution < -0.4 is 4.72 Å². The summed E-state index contributed by atoms with van der Waals surface area (Å²) < 4.78 is 59.1. The second-order valence-corrected chi connectivity index (χ2v) is 5.09. The summed E-state index contributed by atoms with van der Waals surface area (Å²) in [5.41, 5.74) is 0. The highest BCUT2D eigenvalue weighted by atomic mass is 32.2. The lowest BCUT2D eigenvalue weighted by molar-refractivity contribution is -0.138. The van der Waals surface area contributed by atoms with Crippen LogP contribution in [0.5, 0.6) is 0 Å². The van der Waals surface area contributed by atoms with E-state index < -0.39 is 46.8 Å². The van der Waals surface area contributed by atoms with Gasteiger partial charge in [-0.3, -0.25) is 4.79 Å². The monoisotopic (exact) mass is 263 g/mol. The zero-order valence-corrected chi connectivity index (χ0v) is 9.23. The molecule has 0 aromatic heterocycles. The Hall–Kier alpha value is -0.830. The molecule has 96 valence electrons. The van der Waals surface area contributed by atoms with Crippen molar-refractivity contribution >= 4 is 16.0 Å². The first-order valence-electron chi connectivity index (χ1n) is 4.33. The maximum absolute atomic E-state index is 11.7. The van der Waals surface area contributed by atoms with Gasteiger partial charge in [0.15, 0.2) is 0 Å². The number of halogens is 3. The molecule has 5 nitrogen and oxygen atoms in total. The molecule has 0 saturated carbocycles. The second-order valence-electron chi connectivity index (χ2n) is 3.22. The molecule has 1 atom stereocenters. The van der Waals surface area contributed by atoms with Crippen LogP contribution in [0.25, 0.3) is 0 Å². The molecule has 0 unspecified atom stereocenters. The van der Waals surface area contributed by atoms with Gasteiger partial charge in [0, 0.05) is 6.42 Å². The van der Waals surface area contributed by atoms with E-state index in [0.717, 1.165) is 6.92 Å². The normalized spacial score (nSPS) is 14.8. The fraction of sp³-hybridized carbons (Fsp3) is 0.857. The molecule has 2 N–H and O–H groups in total. The minimum absolute atomic E-state index is 0.592. The van der Waals surface area contributed by atoms with Crippen LogP contribution in [0, 0.1) is 0 Å². The van der Waals surface area contributed by atoms with Crippen molar-refractivity contribution in [2.45, 2.75) is 32.0 Å². The Morgan fingerprint density at radius 3 is 2.31 bits per heavy atom. The molecule has 0 aliphatic carbocycles. The third-order valence-electron chi connectivity index (χ3n) is 1.60. The molecule has 0 heterocycles. The summed E-state index contributed by atoms with van der Waals surface area (Å²) in [6.07, 6.45) is -6.21. The number of carbonyl (C=O) groups is 1. The number of hydrogen-bond acceptors (Lipinski definition) is 3. The third-order valence-corrected chi connectivity index (χ3v) is 3.14. The van der Waals surface area contributed by atoms with E-state index in [1.807, 2.05) is 0 Å². The minimum atomic E-state index is -4.41. The summed E-state index contributed by atoms with van der Waals surface area (Å²) in [6, 6.07) is -1.35. The summed E-state index contributed by atoms with van der Waals surface area (Å²) in [5, 5.41) is 8.39. The molecular formula is C7H12F3NO4S. The van der Waals surface area contributed by atoms with E-state index in [9.17, 15) is 26.4 Å². The van der Waals surface area contributed by atoms with Crippen molar-refractivity contribution in [3.05, 3.63) is 0 Å². The molecule has 0 spiro atoms. The van der Waals surface area contributed by atoms with Gasteiger partial charge in [-0.2, -0.15) is 13.2 Å². The van der Waals surface area contributed by atoms with Gasteiger partial charge in [-0.1, -0.05) is 0 Å². The van der Waals surface area contributed by atoms with Crippen LogP contribution in [-0.4, -0.2) is 37.5 Å². The van der Waals surface area contributed by atoms with Crippen molar-refractivity contribution < 1.29 is 31.5 Å². The Morgan fingerprint density at radius 1 is 1.44 bits per heavy atom. The largest absolute Gasteiger partial charge is 0.480 e. The molecule has 0 bridgehead atoms. The van der Waals surface area contributed by atoms with Gasteiger partial charge in [0.25, 0.3) is 0 Å². The molecule has 0 rings (SSSR count). The smallest absolute Gasteiger partial charge is 0.389 e. The molecule has 0 radical (unpaired) electrons. The predicted octanol–water partition coefficient (Wildman–Crippen LogP) is 0.721. The fourth-order valence-corrected chi connectivity index (χ4v) is 2.12. The minimum Gasteiger partial charge on any atom is -0.480 e. The first kappa shape index (κ1) is 15.2. The Bertz CT molecular complexity index is 338. The number of nitrogens with one attached hydrogen (secondary N) is 1. The van der Waals surface area contributed by atoms with Crippen molar-refractivity contribution in [1.82, 2.24) is 4.72 Å². The molecule has 0 amide bonds. The second kappa shape index (κ2) is 5.48. The molecule has 0 aliphatic rings. The number of aliphatic carboxylic acids is 1. The van der Waals surface area contributed by atoms with Gasteiger partial charge in [-0.25, -0.2) is 13.1 Å². The molecule has 9 heteroatoms. The van der Waals surface area contributed by atoms with Gasteiger partial charge in [-0.05, 0) is 13.3 Å². The molecule has 0 fully saturated rings. The third kappa shape index (κ3) is 7.46. The topological polar surface area (TPSA) is 83.5 Å². The highest BCUT2D eigenvalue weighted by Gasteiger charge is 2.28. The van der Waals surface area contributed by atoms with E-state index in [-0.39, 0.29) is 0 Å². The summed E-state index contributed by atoms with van der Waals surface area (Å²) in [6.45, 7) is 1.09. The van der Waals surface area contributed by atoms with E-state index in [4.69, 9.17) is 5.11 Å². The maximum atomic E-state index is 11.7. The maximum Gasteiger partial charge on any atom is 0.389 e. The summed E-state index contributed by atoms with van der Waals surface area (Å²) in [4.78, 5) is 10.3. The van der Waals surface area contributed by atoms with Gasteiger partial charge in [0.2, 0.25) is 10.0 Å².